The van der Waals surface area contributed by atoms with Crippen molar-refractivity contribution in [2.24, 2.45) is 0 Å². The third-order valence-corrected chi connectivity index (χ3v) is 2.44. The van der Waals surface area contributed by atoms with E-state index in [0.29, 0.717) is 23.8 Å². The largest absolute Gasteiger partial charge is 0.573 e. The van der Waals surface area contributed by atoms with Crippen LogP contribution in [0.1, 0.15) is 5.69 Å². The van der Waals surface area contributed by atoms with E-state index in [1.54, 1.807) is 6.07 Å². The van der Waals surface area contributed by atoms with Gasteiger partial charge in [-0.1, -0.05) is 0 Å². The first kappa shape index (κ1) is 13.3. The molecule has 102 valence electrons. The highest BCUT2D eigenvalue weighted by atomic mass is 19.4. The van der Waals surface area contributed by atoms with Gasteiger partial charge in [0, 0.05) is 23.0 Å². The standard InChI is InChI=1S/C12H10F3NO3/c13-12(14,15)19-10-1-2-11-8(6-10)5-9(16-11)3-4-18-7-17/h1-2,5-7,16H,3-4H2. The number of ether oxygens (including phenoxy) is 2. The molecule has 19 heavy (non-hydrogen) atoms. The average molecular weight is 273 g/mol. The molecule has 0 saturated carbocycles. The lowest BCUT2D eigenvalue weighted by atomic mass is 10.2. The van der Waals surface area contributed by atoms with Crippen LogP contribution in [0.4, 0.5) is 13.2 Å². The quantitative estimate of drug-likeness (QED) is 0.673. The van der Waals surface area contributed by atoms with Crippen LogP contribution >= 0.6 is 0 Å². The molecule has 4 nitrogen and oxygen atoms in total. The molecule has 0 bridgehead atoms. The van der Waals surface area contributed by atoms with Crippen molar-refractivity contribution in [1.82, 2.24) is 4.98 Å². The van der Waals surface area contributed by atoms with Gasteiger partial charge in [0.25, 0.3) is 6.47 Å². The number of aromatic nitrogens is 1. The van der Waals surface area contributed by atoms with Crippen molar-refractivity contribution in [2.45, 2.75) is 12.8 Å². The topological polar surface area (TPSA) is 51.3 Å². The van der Waals surface area contributed by atoms with Crippen molar-refractivity contribution >= 4 is 17.4 Å². The molecule has 0 radical (unpaired) electrons. The first-order valence-electron chi connectivity index (χ1n) is 5.40. The van der Waals surface area contributed by atoms with Crippen LogP contribution in [0.2, 0.25) is 0 Å². The molecule has 0 atom stereocenters. The second-order valence-corrected chi connectivity index (χ2v) is 3.81. The monoisotopic (exact) mass is 273 g/mol. The fraction of sp³-hybridized carbons (Fsp3) is 0.250. The molecule has 0 aliphatic heterocycles. The number of hydrogen-bond acceptors (Lipinski definition) is 3. The van der Waals surface area contributed by atoms with Crippen LogP contribution in [0.5, 0.6) is 5.75 Å². The smallest absolute Gasteiger partial charge is 0.467 e. The first-order valence-corrected chi connectivity index (χ1v) is 5.40. The molecule has 2 aromatic rings. The molecule has 1 N–H and O–H groups in total. The first-order chi connectivity index (χ1) is 8.98. The molecule has 0 unspecified atom stereocenters. The number of benzene rings is 1. The van der Waals surface area contributed by atoms with E-state index in [4.69, 9.17) is 0 Å². The Morgan fingerprint density at radius 2 is 2.05 bits per heavy atom. The molecular weight excluding hydrogens is 263 g/mol. The Balaban J connectivity index is 2.16. The van der Waals surface area contributed by atoms with Gasteiger partial charge in [-0.3, -0.25) is 4.79 Å². The summed E-state index contributed by atoms with van der Waals surface area (Å²) in [6.45, 7) is 0.556. The third-order valence-electron chi connectivity index (χ3n) is 2.44. The summed E-state index contributed by atoms with van der Waals surface area (Å²) in [6.07, 6.45) is -4.24. The molecular formula is C12H10F3NO3. The number of carbonyl (C=O) groups is 1. The van der Waals surface area contributed by atoms with E-state index in [9.17, 15) is 18.0 Å². The van der Waals surface area contributed by atoms with Crippen LogP contribution in [0, 0.1) is 0 Å². The summed E-state index contributed by atoms with van der Waals surface area (Å²) < 4.78 is 44.6. The molecule has 2 rings (SSSR count). The Morgan fingerprint density at radius 1 is 1.26 bits per heavy atom. The van der Waals surface area contributed by atoms with Crippen LogP contribution in [-0.4, -0.2) is 24.4 Å². The molecule has 0 spiro atoms. The van der Waals surface area contributed by atoms with Crippen LogP contribution in [0.3, 0.4) is 0 Å². The Kier molecular flexibility index (Phi) is 3.64. The zero-order valence-electron chi connectivity index (χ0n) is 9.66. The maximum atomic E-state index is 12.1. The lowest BCUT2D eigenvalue weighted by Crippen LogP contribution is -2.16. The Labute approximate surface area is 106 Å². The van der Waals surface area contributed by atoms with E-state index in [1.165, 1.54) is 18.2 Å². The predicted molar refractivity (Wildman–Crippen MR) is 60.7 cm³/mol. The van der Waals surface area contributed by atoms with Gasteiger partial charge in [-0.15, -0.1) is 13.2 Å². The van der Waals surface area contributed by atoms with Crippen molar-refractivity contribution in [1.29, 1.82) is 0 Å². The minimum atomic E-state index is -4.70. The zero-order valence-corrected chi connectivity index (χ0v) is 9.66. The van der Waals surface area contributed by atoms with Crippen LogP contribution in [0.25, 0.3) is 10.9 Å². The second kappa shape index (κ2) is 5.21. The fourth-order valence-electron chi connectivity index (χ4n) is 1.72. The van der Waals surface area contributed by atoms with Crippen molar-refractivity contribution in [3.8, 4) is 5.75 Å². The molecule has 1 aromatic heterocycles. The van der Waals surface area contributed by atoms with E-state index in [2.05, 4.69) is 14.5 Å². The normalized spacial score (nSPS) is 11.5. The minimum Gasteiger partial charge on any atom is -0.467 e. The number of alkyl halides is 3. The zero-order chi connectivity index (χ0) is 13.9. The van der Waals surface area contributed by atoms with Gasteiger partial charge in [0.2, 0.25) is 0 Å². The van der Waals surface area contributed by atoms with E-state index < -0.39 is 6.36 Å². The summed E-state index contributed by atoms with van der Waals surface area (Å²) in [5.41, 5.74) is 1.46. The second-order valence-electron chi connectivity index (χ2n) is 3.81. The SMILES string of the molecule is O=COCCc1cc2cc(OC(F)(F)F)ccc2[nH]1. The highest BCUT2D eigenvalue weighted by Gasteiger charge is 2.31. The third kappa shape index (κ3) is 3.64. The summed E-state index contributed by atoms with van der Waals surface area (Å²) in [5, 5.41) is 0.600. The van der Waals surface area contributed by atoms with Gasteiger partial charge in [-0.05, 0) is 24.3 Å². The molecule has 0 saturated heterocycles. The van der Waals surface area contributed by atoms with Gasteiger partial charge in [0.05, 0.1) is 6.61 Å². The molecule has 0 aliphatic carbocycles. The van der Waals surface area contributed by atoms with E-state index >= 15 is 0 Å². The molecule has 7 heteroatoms. The minimum absolute atomic E-state index is 0.211. The van der Waals surface area contributed by atoms with E-state index in [0.717, 1.165) is 5.69 Å². The van der Waals surface area contributed by atoms with E-state index in [-0.39, 0.29) is 12.4 Å². The number of carbonyl (C=O) groups excluding carboxylic acids is 1. The van der Waals surface area contributed by atoms with Gasteiger partial charge in [-0.25, -0.2) is 0 Å². The number of nitrogens with one attached hydrogen (secondary N) is 1. The Bertz CT molecular complexity index is 577. The maximum absolute atomic E-state index is 12.1. The van der Waals surface area contributed by atoms with Gasteiger partial charge >= 0.3 is 6.36 Å². The van der Waals surface area contributed by atoms with Crippen molar-refractivity contribution in [3.05, 3.63) is 30.0 Å². The van der Waals surface area contributed by atoms with Crippen molar-refractivity contribution in [3.63, 3.8) is 0 Å². The van der Waals surface area contributed by atoms with Crippen LogP contribution in [-0.2, 0) is 16.0 Å². The predicted octanol–water partition coefficient (Wildman–Crippen LogP) is 2.78. The fourth-order valence-corrected chi connectivity index (χ4v) is 1.72. The number of fused-ring (bicyclic) bond motifs is 1. The Morgan fingerprint density at radius 3 is 2.74 bits per heavy atom. The molecule has 1 heterocycles. The van der Waals surface area contributed by atoms with Crippen LogP contribution in [0.15, 0.2) is 24.3 Å². The molecule has 0 fully saturated rings. The van der Waals surface area contributed by atoms with Gasteiger partial charge < -0.3 is 14.5 Å². The highest BCUT2D eigenvalue weighted by Crippen LogP contribution is 2.26. The van der Waals surface area contributed by atoms with Crippen molar-refractivity contribution in [2.75, 3.05) is 6.61 Å². The number of hydrogen-bond donors (Lipinski definition) is 1. The summed E-state index contributed by atoms with van der Waals surface area (Å²) in [4.78, 5) is 13.0. The van der Waals surface area contributed by atoms with E-state index in [1.807, 2.05) is 0 Å². The molecule has 0 amide bonds. The summed E-state index contributed by atoms with van der Waals surface area (Å²) >= 11 is 0. The number of aromatic amines is 1. The number of rotatable bonds is 5. The highest BCUT2D eigenvalue weighted by molar-refractivity contribution is 5.81. The Hall–Kier alpha value is -2.18. The summed E-state index contributed by atoms with van der Waals surface area (Å²) in [5.74, 6) is -0.269. The maximum Gasteiger partial charge on any atom is 0.573 e. The molecule has 0 aliphatic rings. The summed E-state index contributed by atoms with van der Waals surface area (Å²) in [6, 6.07) is 5.72. The van der Waals surface area contributed by atoms with Crippen LogP contribution < -0.4 is 4.74 Å². The van der Waals surface area contributed by atoms with Gasteiger partial charge in [0.15, 0.2) is 0 Å². The molecule has 1 aromatic carbocycles. The lowest BCUT2D eigenvalue weighted by molar-refractivity contribution is -0.274. The van der Waals surface area contributed by atoms with Gasteiger partial charge in [-0.2, -0.15) is 0 Å². The average Bonchev–Trinajstić information content (AvgIpc) is 2.69. The number of halogens is 3. The van der Waals surface area contributed by atoms with Gasteiger partial charge in [0.1, 0.15) is 5.75 Å². The summed E-state index contributed by atoms with van der Waals surface area (Å²) in [7, 11) is 0. The number of H-pyrrole nitrogens is 1. The van der Waals surface area contributed by atoms with Crippen molar-refractivity contribution < 1.29 is 27.4 Å². The lowest BCUT2D eigenvalue weighted by Gasteiger charge is -2.08.